The molecule has 35 heavy (non-hydrogen) atoms. The highest BCUT2D eigenvalue weighted by atomic mass is 16.4. The van der Waals surface area contributed by atoms with E-state index in [1.54, 1.807) is 13.8 Å². The summed E-state index contributed by atoms with van der Waals surface area (Å²) in [6, 6.07) is -5.19. The summed E-state index contributed by atoms with van der Waals surface area (Å²) in [4.78, 5) is 71.7. The molecule has 0 saturated heterocycles. The molecule has 0 aliphatic rings. The minimum Gasteiger partial charge on any atom is -0.481 e. The standard InChI is InChI=1S/C21H38N6O8/c1-3-11(2)17(21(34)35)27-20(33)14(10-16(29)30)26-19(32)13(6-4-5-9-22)25-18(31)12(23)7-8-15(24)28/h11-14,17H,3-10,22-23H2,1-2H3,(H2,24,28)(H,25,31)(H,26,32)(H,27,33)(H,29,30)(H,34,35). The number of carboxylic acid groups (broad SMARTS) is 2. The fourth-order valence-electron chi connectivity index (χ4n) is 3.06. The molecule has 0 bridgehead atoms. The number of aliphatic carboxylic acids is 2. The van der Waals surface area contributed by atoms with Crippen LogP contribution in [0.3, 0.4) is 0 Å². The van der Waals surface area contributed by atoms with Crippen molar-refractivity contribution in [3.63, 3.8) is 0 Å². The topological polar surface area (TPSA) is 257 Å². The maximum absolute atomic E-state index is 12.9. The zero-order valence-electron chi connectivity index (χ0n) is 20.1. The SMILES string of the molecule is CCC(C)C(NC(=O)C(CC(=O)O)NC(=O)C(CCCCN)NC(=O)C(N)CCC(N)=O)C(=O)O. The van der Waals surface area contributed by atoms with Crippen LogP contribution in [0.1, 0.15) is 58.8 Å². The number of primary amides is 1. The predicted octanol–water partition coefficient (Wildman–Crippen LogP) is -2.23. The fraction of sp³-hybridized carbons (Fsp3) is 0.714. The predicted molar refractivity (Wildman–Crippen MR) is 124 cm³/mol. The van der Waals surface area contributed by atoms with Crippen molar-refractivity contribution in [2.45, 2.75) is 83.0 Å². The van der Waals surface area contributed by atoms with Crippen LogP contribution in [-0.4, -0.2) is 76.5 Å². The normalized spacial score (nSPS) is 15.1. The average molecular weight is 503 g/mol. The van der Waals surface area contributed by atoms with Crippen LogP contribution in [0.2, 0.25) is 0 Å². The molecule has 0 aromatic carbocycles. The molecular formula is C21H38N6O8. The van der Waals surface area contributed by atoms with Crippen molar-refractivity contribution in [1.29, 1.82) is 0 Å². The van der Waals surface area contributed by atoms with Crippen LogP contribution in [0, 0.1) is 5.92 Å². The minimum atomic E-state index is -1.59. The summed E-state index contributed by atoms with van der Waals surface area (Å²) >= 11 is 0. The van der Waals surface area contributed by atoms with Crippen LogP contribution in [0.15, 0.2) is 0 Å². The summed E-state index contributed by atoms with van der Waals surface area (Å²) in [7, 11) is 0. The summed E-state index contributed by atoms with van der Waals surface area (Å²) in [6.45, 7) is 3.66. The zero-order chi connectivity index (χ0) is 27.1. The highest BCUT2D eigenvalue weighted by Gasteiger charge is 2.33. The van der Waals surface area contributed by atoms with Gasteiger partial charge in [-0.3, -0.25) is 24.0 Å². The van der Waals surface area contributed by atoms with E-state index in [1.165, 1.54) is 0 Å². The molecule has 200 valence electrons. The van der Waals surface area contributed by atoms with Gasteiger partial charge in [-0.2, -0.15) is 0 Å². The maximum atomic E-state index is 12.9. The molecule has 0 fully saturated rings. The number of unbranched alkanes of at least 4 members (excludes halogenated alkanes) is 1. The van der Waals surface area contributed by atoms with E-state index in [-0.39, 0.29) is 19.3 Å². The average Bonchev–Trinajstić information content (AvgIpc) is 2.78. The van der Waals surface area contributed by atoms with E-state index in [9.17, 15) is 39.0 Å². The van der Waals surface area contributed by atoms with E-state index >= 15 is 0 Å². The summed E-state index contributed by atoms with van der Waals surface area (Å²) in [5, 5.41) is 25.6. The molecule has 0 aromatic rings. The third kappa shape index (κ3) is 12.7. The van der Waals surface area contributed by atoms with E-state index in [4.69, 9.17) is 17.2 Å². The number of rotatable bonds is 18. The lowest BCUT2D eigenvalue weighted by atomic mass is 9.98. The Labute approximate surface area is 203 Å². The van der Waals surface area contributed by atoms with Crippen LogP contribution in [0.4, 0.5) is 0 Å². The number of nitrogens with one attached hydrogen (secondary N) is 3. The number of carbonyl (C=O) groups excluding carboxylic acids is 4. The molecule has 14 heteroatoms. The Bertz CT molecular complexity index is 762. The lowest BCUT2D eigenvalue weighted by Crippen LogP contribution is -2.58. The van der Waals surface area contributed by atoms with Crippen LogP contribution < -0.4 is 33.2 Å². The molecule has 0 spiro atoms. The molecule has 0 heterocycles. The fourth-order valence-corrected chi connectivity index (χ4v) is 3.06. The van der Waals surface area contributed by atoms with Crippen molar-refractivity contribution in [2.24, 2.45) is 23.1 Å². The second kappa shape index (κ2) is 16.4. The molecule has 0 aromatic heterocycles. The Balaban J connectivity index is 5.55. The molecule has 4 amide bonds. The van der Waals surface area contributed by atoms with E-state index in [1.807, 2.05) is 0 Å². The Morgan fingerprint density at radius 3 is 1.91 bits per heavy atom. The first-order valence-electron chi connectivity index (χ1n) is 11.4. The Morgan fingerprint density at radius 1 is 0.857 bits per heavy atom. The van der Waals surface area contributed by atoms with Gasteiger partial charge in [0.25, 0.3) is 0 Å². The smallest absolute Gasteiger partial charge is 0.326 e. The first-order valence-corrected chi connectivity index (χ1v) is 11.4. The maximum Gasteiger partial charge on any atom is 0.326 e. The van der Waals surface area contributed by atoms with Crippen molar-refractivity contribution < 1.29 is 39.0 Å². The van der Waals surface area contributed by atoms with Gasteiger partial charge < -0.3 is 43.4 Å². The highest BCUT2D eigenvalue weighted by molar-refractivity contribution is 5.95. The van der Waals surface area contributed by atoms with Gasteiger partial charge in [-0.1, -0.05) is 20.3 Å². The van der Waals surface area contributed by atoms with Gasteiger partial charge in [-0.15, -0.1) is 0 Å². The van der Waals surface area contributed by atoms with Crippen molar-refractivity contribution in [3.8, 4) is 0 Å². The van der Waals surface area contributed by atoms with E-state index in [0.29, 0.717) is 25.8 Å². The molecule has 0 rings (SSSR count). The van der Waals surface area contributed by atoms with Gasteiger partial charge in [0.1, 0.15) is 18.1 Å². The van der Waals surface area contributed by atoms with Crippen LogP contribution in [0.25, 0.3) is 0 Å². The van der Waals surface area contributed by atoms with Gasteiger partial charge in [0.15, 0.2) is 0 Å². The second-order valence-corrected chi connectivity index (χ2v) is 8.33. The van der Waals surface area contributed by atoms with Gasteiger partial charge >= 0.3 is 11.9 Å². The third-order valence-corrected chi connectivity index (χ3v) is 5.41. The zero-order valence-corrected chi connectivity index (χ0v) is 20.1. The number of carboxylic acids is 2. The van der Waals surface area contributed by atoms with Gasteiger partial charge in [-0.05, 0) is 38.1 Å². The molecule has 14 nitrogen and oxygen atoms in total. The van der Waals surface area contributed by atoms with Gasteiger partial charge in [-0.25, -0.2) is 4.79 Å². The van der Waals surface area contributed by atoms with Crippen molar-refractivity contribution >= 4 is 35.6 Å². The number of hydrogen-bond donors (Lipinski definition) is 8. The summed E-state index contributed by atoms with van der Waals surface area (Å²) in [6.07, 6.45) is 0.501. The first-order chi connectivity index (χ1) is 16.3. The van der Waals surface area contributed by atoms with E-state index in [2.05, 4.69) is 16.0 Å². The first kappa shape index (κ1) is 31.7. The number of carbonyl (C=O) groups is 6. The van der Waals surface area contributed by atoms with Crippen LogP contribution in [-0.2, 0) is 28.8 Å². The third-order valence-electron chi connectivity index (χ3n) is 5.41. The molecule has 0 aliphatic heterocycles. The van der Waals surface area contributed by atoms with Crippen molar-refractivity contribution in [1.82, 2.24) is 16.0 Å². The highest BCUT2D eigenvalue weighted by Crippen LogP contribution is 2.09. The quantitative estimate of drug-likeness (QED) is 0.0935. The Hall–Kier alpha value is -3.26. The molecule has 5 atom stereocenters. The Kier molecular flexibility index (Phi) is 14.9. The summed E-state index contributed by atoms with van der Waals surface area (Å²) < 4.78 is 0. The van der Waals surface area contributed by atoms with Gasteiger partial charge in [0, 0.05) is 6.42 Å². The summed E-state index contributed by atoms with van der Waals surface area (Å²) in [5.74, 6) is -6.38. The second-order valence-electron chi connectivity index (χ2n) is 8.33. The van der Waals surface area contributed by atoms with Gasteiger partial charge in [0.05, 0.1) is 12.5 Å². The minimum absolute atomic E-state index is 0.0471. The lowest BCUT2D eigenvalue weighted by Gasteiger charge is -2.26. The monoisotopic (exact) mass is 502 g/mol. The molecular weight excluding hydrogens is 464 g/mol. The van der Waals surface area contributed by atoms with Crippen molar-refractivity contribution in [2.75, 3.05) is 6.54 Å². The summed E-state index contributed by atoms with van der Waals surface area (Å²) in [5.41, 5.74) is 16.3. The van der Waals surface area contributed by atoms with E-state index < -0.39 is 72.1 Å². The number of amides is 4. The number of hydrogen-bond acceptors (Lipinski definition) is 8. The van der Waals surface area contributed by atoms with Gasteiger partial charge in [0.2, 0.25) is 23.6 Å². The Morgan fingerprint density at radius 2 is 1.43 bits per heavy atom. The molecule has 0 aliphatic carbocycles. The van der Waals surface area contributed by atoms with E-state index in [0.717, 1.165) is 0 Å². The molecule has 5 unspecified atom stereocenters. The molecule has 0 saturated carbocycles. The molecule has 0 radical (unpaired) electrons. The lowest BCUT2D eigenvalue weighted by molar-refractivity contribution is -0.144. The van der Waals surface area contributed by atoms with Crippen LogP contribution >= 0.6 is 0 Å². The molecule has 11 N–H and O–H groups in total. The largest absolute Gasteiger partial charge is 0.481 e. The van der Waals surface area contributed by atoms with Crippen molar-refractivity contribution in [3.05, 3.63) is 0 Å². The van der Waals surface area contributed by atoms with Crippen LogP contribution in [0.5, 0.6) is 0 Å². The number of nitrogens with two attached hydrogens (primary N) is 3.